The average Bonchev–Trinajstić information content (AvgIpc) is 3.11. The number of Topliss-reactive ketones (excluding diaryl/α,β-unsaturated/α-hetero) is 1. The van der Waals surface area contributed by atoms with Gasteiger partial charge in [-0.15, -0.1) is 0 Å². The molecule has 8 heteroatoms. The second-order valence-electron chi connectivity index (χ2n) is 9.54. The third-order valence-electron chi connectivity index (χ3n) is 6.07. The predicted molar refractivity (Wildman–Crippen MR) is 142 cm³/mol. The Balaban J connectivity index is 2.15. The number of unbranched alkanes of at least 4 members (excludes halogenated alkanes) is 5. The number of aliphatic hydroxyl groups is 1. The number of hydrogen-bond donors (Lipinski definition) is 1. The van der Waals surface area contributed by atoms with Gasteiger partial charge < -0.3 is 19.3 Å². The van der Waals surface area contributed by atoms with Crippen molar-refractivity contribution < 1.29 is 33.7 Å². The van der Waals surface area contributed by atoms with Crippen LogP contribution in [0.5, 0.6) is 5.75 Å². The number of carbonyl (C=O) groups is 3. The summed E-state index contributed by atoms with van der Waals surface area (Å²) < 4.78 is 15.6. The molecule has 37 heavy (non-hydrogen) atoms. The maximum Gasteiger partial charge on any atom is 0.268 e. The zero-order chi connectivity index (χ0) is 27.2. The first-order valence-electron chi connectivity index (χ1n) is 13.1. The van der Waals surface area contributed by atoms with Crippen molar-refractivity contribution in [2.75, 3.05) is 27.1 Å². The van der Waals surface area contributed by atoms with Crippen molar-refractivity contribution in [2.45, 2.75) is 71.8 Å². The molecule has 204 valence electrons. The summed E-state index contributed by atoms with van der Waals surface area (Å²) in [5.41, 5.74) is -0.0758. The van der Waals surface area contributed by atoms with Crippen LogP contribution in [-0.4, -0.2) is 60.8 Å². The van der Waals surface area contributed by atoms with Gasteiger partial charge in [0.2, 0.25) is 0 Å². The number of hydrogen-bond acceptors (Lipinski definition) is 7. The summed E-state index contributed by atoms with van der Waals surface area (Å²) in [5, 5.41) is 10.9. The van der Waals surface area contributed by atoms with Crippen LogP contribution in [0.1, 0.15) is 71.3 Å². The van der Waals surface area contributed by atoms with E-state index in [1.807, 2.05) is 13.8 Å². The lowest BCUT2D eigenvalue weighted by atomic mass is 9.97. The fourth-order valence-electron chi connectivity index (χ4n) is 4.08. The Labute approximate surface area is 220 Å². The number of carbonyl (C=O) groups excluding carboxylic acids is 3. The Morgan fingerprint density at radius 2 is 1.78 bits per heavy atom. The van der Waals surface area contributed by atoms with E-state index in [0.29, 0.717) is 25.4 Å². The number of imide groups is 1. The highest BCUT2D eigenvalue weighted by molar-refractivity contribution is 6.34. The van der Waals surface area contributed by atoms with E-state index in [0.717, 1.165) is 30.6 Å². The summed E-state index contributed by atoms with van der Waals surface area (Å²) in [6.45, 7) is 6.89. The molecule has 1 aliphatic heterocycles. The van der Waals surface area contributed by atoms with E-state index in [4.69, 9.17) is 14.2 Å². The maximum atomic E-state index is 13.2. The molecule has 1 fully saturated rings. The van der Waals surface area contributed by atoms with Crippen LogP contribution >= 0.6 is 0 Å². The molecule has 0 spiro atoms. The van der Waals surface area contributed by atoms with Crippen molar-refractivity contribution in [3.63, 3.8) is 0 Å². The Bertz CT molecular complexity index is 950. The van der Waals surface area contributed by atoms with Crippen molar-refractivity contribution in [3.8, 4) is 5.75 Å². The zero-order valence-electron chi connectivity index (χ0n) is 22.5. The minimum absolute atomic E-state index is 0.0347. The molecular formula is C29H41NO7. The summed E-state index contributed by atoms with van der Waals surface area (Å²) in [5.74, 6) is -1.71. The molecule has 0 radical (unpaired) electrons. The summed E-state index contributed by atoms with van der Waals surface area (Å²) in [6, 6.07) is 5.38. The Kier molecular flexibility index (Phi) is 13.1. The highest BCUT2D eigenvalue weighted by atomic mass is 16.7. The summed E-state index contributed by atoms with van der Waals surface area (Å²) in [4.78, 5) is 40.5. The molecule has 2 amide bonds. The van der Waals surface area contributed by atoms with E-state index in [9.17, 15) is 19.5 Å². The van der Waals surface area contributed by atoms with Crippen LogP contribution in [0.4, 0.5) is 0 Å². The van der Waals surface area contributed by atoms with E-state index in [2.05, 4.69) is 6.92 Å². The van der Waals surface area contributed by atoms with Crippen LogP contribution < -0.4 is 4.74 Å². The van der Waals surface area contributed by atoms with E-state index in [1.54, 1.807) is 37.5 Å². The third-order valence-corrected chi connectivity index (χ3v) is 6.07. The van der Waals surface area contributed by atoms with Crippen molar-refractivity contribution in [3.05, 3.63) is 47.6 Å². The minimum atomic E-state index is -0.932. The maximum absolute atomic E-state index is 13.2. The molecule has 1 aromatic carbocycles. The average molecular weight is 516 g/mol. The Hall–Kier alpha value is -2.97. The number of benzene rings is 1. The van der Waals surface area contributed by atoms with Gasteiger partial charge in [-0.1, -0.05) is 52.5 Å². The molecule has 0 saturated carbocycles. The monoisotopic (exact) mass is 515 g/mol. The first-order chi connectivity index (χ1) is 17.8. The summed E-state index contributed by atoms with van der Waals surface area (Å²) in [6.07, 6.45) is 9.79. The van der Waals surface area contributed by atoms with Gasteiger partial charge in [-0.3, -0.25) is 19.3 Å². The van der Waals surface area contributed by atoms with Crippen LogP contribution in [0, 0.1) is 5.92 Å². The van der Waals surface area contributed by atoms with Gasteiger partial charge in [0.25, 0.3) is 11.8 Å². The number of allylic oxidation sites excluding steroid dienone is 1. The molecule has 1 atom stereocenters. The van der Waals surface area contributed by atoms with Crippen LogP contribution in [0.3, 0.4) is 0 Å². The molecule has 1 aromatic rings. The first kappa shape index (κ1) is 30.3. The van der Waals surface area contributed by atoms with Crippen molar-refractivity contribution >= 4 is 23.4 Å². The van der Waals surface area contributed by atoms with Gasteiger partial charge in [-0.2, -0.15) is 0 Å². The zero-order valence-corrected chi connectivity index (χ0v) is 22.5. The van der Waals surface area contributed by atoms with Crippen LogP contribution in [-0.2, 0) is 23.9 Å². The number of amides is 2. The van der Waals surface area contributed by atoms with Gasteiger partial charge in [-0.05, 0) is 55.5 Å². The van der Waals surface area contributed by atoms with Gasteiger partial charge in [0.05, 0.1) is 13.2 Å². The molecule has 1 heterocycles. The van der Waals surface area contributed by atoms with Crippen LogP contribution in [0.2, 0.25) is 0 Å². The number of methoxy groups -OCH3 is 1. The smallest absolute Gasteiger partial charge is 0.268 e. The fourth-order valence-corrected chi connectivity index (χ4v) is 4.08. The molecule has 2 rings (SSSR count). The first-order valence-corrected chi connectivity index (χ1v) is 13.1. The SMILES string of the molecule is CCCCCCC/C=C/C(=O)N1C(=O)/C(=C(\O)c2ccc(OCOCCOC)cc2)C(=O)C1CC(C)C. The Morgan fingerprint density at radius 3 is 2.43 bits per heavy atom. The molecule has 0 bridgehead atoms. The summed E-state index contributed by atoms with van der Waals surface area (Å²) >= 11 is 0. The third kappa shape index (κ3) is 9.13. The number of likely N-dealkylation sites (tertiary alicyclic amines) is 1. The molecule has 1 saturated heterocycles. The van der Waals surface area contributed by atoms with E-state index < -0.39 is 29.4 Å². The van der Waals surface area contributed by atoms with Crippen LogP contribution in [0.25, 0.3) is 5.76 Å². The quantitative estimate of drug-likeness (QED) is 0.106. The number of aliphatic hydroxyl groups excluding tert-OH is 1. The van der Waals surface area contributed by atoms with Crippen molar-refractivity contribution in [1.82, 2.24) is 4.90 Å². The van der Waals surface area contributed by atoms with Crippen molar-refractivity contribution in [2.24, 2.45) is 5.92 Å². The lowest BCUT2D eigenvalue weighted by Crippen LogP contribution is -2.40. The fraction of sp³-hybridized carbons (Fsp3) is 0.552. The minimum Gasteiger partial charge on any atom is -0.506 e. The van der Waals surface area contributed by atoms with Gasteiger partial charge >= 0.3 is 0 Å². The van der Waals surface area contributed by atoms with Gasteiger partial charge in [-0.25, -0.2) is 0 Å². The topological polar surface area (TPSA) is 102 Å². The molecular weight excluding hydrogens is 474 g/mol. The predicted octanol–water partition coefficient (Wildman–Crippen LogP) is 5.22. The Morgan fingerprint density at radius 1 is 1.08 bits per heavy atom. The standard InChI is InChI=1S/C29H41NO7/c1-5-6-7-8-9-10-11-12-25(31)30-24(19-21(2)3)28(33)26(29(30)34)27(32)22-13-15-23(16-14-22)37-20-36-18-17-35-4/h11-16,21,24,32H,5-10,17-20H2,1-4H3/b12-11+,27-26-. The van der Waals surface area contributed by atoms with Crippen LogP contribution in [0.15, 0.2) is 42.0 Å². The molecule has 1 aliphatic rings. The second kappa shape index (κ2) is 16.0. The normalized spacial score (nSPS) is 17.3. The lowest BCUT2D eigenvalue weighted by molar-refractivity contribution is -0.141. The van der Waals surface area contributed by atoms with Gasteiger partial charge in [0.15, 0.2) is 12.6 Å². The highest BCUT2D eigenvalue weighted by Crippen LogP contribution is 2.31. The molecule has 0 aromatic heterocycles. The highest BCUT2D eigenvalue weighted by Gasteiger charge is 2.47. The van der Waals surface area contributed by atoms with E-state index in [-0.39, 0.29) is 23.8 Å². The van der Waals surface area contributed by atoms with E-state index >= 15 is 0 Å². The number of nitrogens with zero attached hydrogens (tertiary/aromatic N) is 1. The molecule has 1 N–H and O–H groups in total. The summed E-state index contributed by atoms with van der Waals surface area (Å²) in [7, 11) is 1.58. The van der Waals surface area contributed by atoms with Crippen molar-refractivity contribution in [1.29, 1.82) is 0 Å². The largest absolute Gasteiger partial charge is 0.506 e. The van der Waals surface area contributed by atoms with E-state index in [1.165, 1.54) is 18.9 Å². The molecule has 0 aliphatic carbocycles. The lowest BCUT2D eigenvalue weighted by Gasteiger charge is -2.21. The van der Waals surface area contributed by atoms with Gasteiger partial charge in [0, 0.05) is 12.7 Å². The number of ether oxygens (including phenoxy) is 3. The number of rotatable bonds is 16. The number of ketones is 1. The second-order valence-corrected chi connectivity index (χ2v) is 9.54. The molecule has 8 nitrogen and oxygen atoms in total. The van der Waals surface area contributed by atoms with Gasteiger partial charge in [0.1, 0.15) is 23.1 Å². The molecule has 1 unspecified atom stereocenters.